The lowest BCUT2D eigenvalue weighted by molar-refractivity contribution is 0.108. The van der Waals surface area contributed by atoms with Gasteiger partial charge in [0, 0.05) is 25.4 Å². The van der Waals surface area contributed by atoms with Crippen LogP contribution in [0.5, 0.6) is 5.75 Å². The Morgan fingerprint density at radius 1 is 1.30 bits per heavy atom. The lowest BCUT2D eigenvalue weighted by Crippen LogP contribution is -2.30. The second-order valence-corrected chi connectivity index (χ2v) is 6.10. The minimum Gasteiger partial charge on any atom is -0.492 e. The molecule has 0 radical (unpaired) electrons. The molecule has 1 aromatic rings. The van der Waals surface area contributed by atoms with Gasteiger partial charge in [0.05, 0.1) is 11.6 Å². The molecule has 0 heterocycles. The van der Waals surface area contributed by atoms with Gasteiger partial charge in [0.25, 0.3) is 0 Å². The van der Waals surface area contributed by atoms with Crippen molar-refractivity contribution in [3.8, 4) is 5.75 Å². The summed E-state index contributed by atoms with van der Waals surface area (Å²) < 4.78 is 10.9. The normalized spacial score (nSPS) is 10.7. The molecule has 5 nitrogen and oxygen atoms in total. The fraction of sp³-hybridized carbons (Fsp3) is 0.588. The van der Waals surface area contributed by atoms with Crippen molar-refractivity contribution in [2.24, 2.45) is 5.92 Å². The van der Waals surface area contributed by atoms with E-state index in [1.54, 1.807) is 18.2 Å². The Balaban J connectivity index is 2.27. The van der Waals surface area contributed by atoms with Crippen molar-refractivity contribution in [1.82, 2.24) is 5.32 Å². The van der Waals surface area contributed by atoms with Crippen molar-refractivity contribution in [3.05, 3.63) is 23.2 Å². The highest BCUT2D eigenvalue weighted by molar-refractivity contribution is 6.32. The van der Waals surface area contributed by atoms with Gasteiger partial charge in [-0.1, -0.05) is 32.4 Å². The molecule has 1 aromatic carbocycles. The van der Waals surface area contributed by atoms with E-state index in [0.717, 1.165) is 19.4 Å². The summed E-state index contributed by atoms with van der Waals surface area (Å²) in [4.78, 5) is 11.8. The van der Waals surface area contributed by atoms with E-state index in [9.17, 15) is 4.79 Å². The quantitative estimate of drug-likeness (QED) is 0.623. The first kappa shape index (κ1) is 19.6. The van der Waals surface area contributed by atoms with Gasteiger partial charge in [-0.05, 0) is 37.0 Å². The van der Waals surface area contributed by atoms with Gasteiger partial charge in [0.2, 0.25) is 0 Å². The second-order valence-electron chi connectivity index (χ2n) is 5.70. The Kier molecular flexibility index (Phi) is 9.48. The SMILES string of the molecule is CCCOc1ccc(NC(=O)NCCCOCC(C)C)cc1Cl. The van der Waals surface area contributed by atoms with Crippen LogP contribution in [0, 0.1) is 5.92 Å². The van der Waals surface area contributed by atoms with Crippen LogP contribution < -0.4 is 15.4 Å². The molecule has 0 atom stereocenters. The number of carbonyl (C=O) groups excluding carboxylic acids is 1. The van der Waals surface area contributed by atoms with Crippen LogP contribution in [0.25, 0.3) is 0 Å². The lowest BCUT2D eigenvalue weighted by Gasteiger charge is -2.11. The van der Waals surface area contributed by atoms with Crippen LogP contribution in [-0.4, -0.2) is 32.4 Å². The molecule has 0 aliphatic heterocycles. The Bertz CT molecular complexity index is 481. The number of hydrogen-bond acceptors (Lipinski definition) is 3. The zero-order valence-corrected chi connectivity index (χ0v) is 14.9. The molecule has 2 amide bonds. The number of nitrogens with one attached hydrogen (secondary N) is 2. The number of amides is 2. The number of carbonyl (C=O) groups is 1. The van der Waals surface area contributed by atoms with E-state index in [2.05, 4.69) is 24.5 Å². The second kappa shape index (κ2) is 11.1. The summed E-state index contributed by atoms with van der Waals surface area (Å²) in [6.07, 6.45) is 1.70. The van der Waals surface area contributed by atoms with Crippen molar-refractivity contribution in [3.63, 3.8) is 0 Å². The maximum Gasteiger partial charge on any atom is 0.319 e. The maximum absolute atomic E-state index is 11.8. The average molecular weight is 343 g/mol. The summed E-state index contributed by atoms with van der Waals surface area (Å²) in [6, 6.07) is 4.94. The Labute approximate surface area is 143 Å². The highest BCUT2D eigenvalue weighted by Gasteiger charge is 2.06. The molecule has 130 valence electrons. The molecule has 1 rings (SSSR count). The third-order valence-corrected chi connectivity index (χ3v) is 3.15. The molecular weight excluding hydrogens is 316 g/mol. The first-order valence-corrected chi connectivity index (χ1v) is 8.45. The first-order valence-electron chi connectivity index (χ1n) is 8.07. The third kappa shape index (κ3) is 8.67. The lowest BCUT2D eigenvalue weighted by atomic mass is 10.2. The van der Waals surface area contributed by atoms with E-state index in [0.29, 0.717) is 42.1 Å². The number of ether oxygens (including phenoxy) is 2. The van der Waals surface area contributed by atoms with Crippen LogP contribution in [-0.2, 0) is 4.74 Å². The summed E-state index contributed by atoms with van der Waals surface area (Å²) in [5.41, 5.74) is 0.632. The Morgan fingerprint density at radius 2 is 2.09 bits per heavy atom. The smallest absolute Gasteiger partial charge is 0.319 e. The van der Waals surface area contributed by atoms with Gasteiger partial charge in [-0.15, -0.1) is 0 Å². The molecular formula is C17H27ClN2O3. The highest BCUT2D eigenvalue weighted by Crippen LogP contribution is 2.27. The minimum absolute atomic E-state index is 0.257. The first-order chi connectivity index (χ1) is 11.0. The highest BCUT2D eigenvalue weighted by atomic mass is 35.5. The van der Waals surface area contributed by atoms with Crippen LogP contribution in [0.4, 0.5) is 10.5 Å². The van der Waals surface area contributed by atoms with Gasteiger partial charge < -0.3 is 20.1 Å². The Morgan fingerprint density at radius 3 is 2.74 bits per heavy atom. The van der Waals surface area contributed by atoms with Crippen molar-refractivity contribution < 1.29 is 14.3 Å². The average Bonchev–Trinajstić information content (AvgIpc) is 2.49. The predicted octanol–water partition coefficient (Wildman–Crippen LogP) is 4.31. The molecule has 0 aromatic heterocycles. The number of hydrogen-bond donors (Lipinski definition) is 2. The zero-order valence-electron chi connectivity index (χ0n) is 14.2. The number of anilines is 1. The largest absolute Gasteiger partial charge is 0.492 e. The zero-order chi connectivity index (χ0) is 17.1. The van der Waals surface area contributed by atoms with E-state index in [1.807, 2.05) is 6.92 Å². The standard InChI is InChI=1S/C17H27ClN2O3/c1-4-9-23-16-7-6-14(11-15(16)18)20-17(21)19-8-5-10-22-12-13(2)3/h6-7,11,13H,4-5,8-10,12H2,1-3H3,(H2,19,20,21). The van der Waals surface area contributed by atoms with Gasteiger partial charge >= 0.3 is 6.03 Å². The predicted molar refractivity (Wildman–Crippen MR) is 94.5 cm³/mol. The molecule has 23 heavy (non-hydrogen) atoms. The molecule has 0 aliphatic rings. The molecule has 0 bridgehead atoms. The molecule has 0 spiro atoms. The van der Waals surface area contributed by atoms with Gasteiger partial charge in [-0.3, -0.25) is 0 Å². The summed E-state index contributed by atoms with van der Waals surface area (Å²) in [5.74, 6) is 1.15. The fourth-order valence-corrected chi connectivity index (χ4v) is 2.01. The molecule has 0 saturated heterocycles. The Hall–Kier alpha value is -1.46. The summed E-state index contributed by atoms with van der Waals surface area (Å²) in [7, 11) is 0. The number of urea groups is 1. The number of halogens is 1. The topological polar surface area (TPSA) is 59.6 Å². The van der Waals surface area contributed by atoms with Crippen molar-refractivity contribution >= 4 is 23.3 Å². The van der Waals surface area contributed by atoms with Crippen LogP contribution in [0.15, 0.2) is 18.2 Å². The molecule has 0 aliphatic carbocycles. The van der Waals surface area contributed by atoms with Crippen LogP contribution in [0.3, 0.4) is 0 Å². The summed E-state index contributed by atoms with van der Waals surface area (Å²) in [5, 5.41) is 6.01. The molecule has 0 saturated carbocycles. The molecule has 0 unspecified atom stereocenters. The maximum atomic E-state index is 11.8. The van der Waals surface area contributed by atoms with Gasteiger partial charge in [-0.25, -0.2) is 4.79 Å². The summed E-state index contributed by atoms with van der Waals surface area (Å²) in [6.45, 7) is 8.82. The third-order valence-electron chi connectivity index (χ3n) is 2.85. The van der Waals surface area contributed by atoms with E-state index < -0.39 is 0 Å². The van der Waals surface area contributed by atoms with E-state index in [4.69, 9.17) is 21.1 Å². The van der Waals surface area contributed by atoms with Gasteiger partial charge in [0.1, 0.15) is 5.75 Å². The van der Waals surface area contributed by atoms with Gasteiger partial charge in [0.15, 0.2) is 0 Å². The molecule has 0 fully saturated rings. The number of rotatable bonds is 10. The van der Waals surface area contributed by atoms with Crippen molar-refractivity contribution in [2.45, 2.75) is 33.6 Å². The monoisotopic (exact) mass is 342 g/mol. The van der Waals surface area contributed by atoms with Crippen LogP contribution >= 0.6 is 11.6 Å². The van der Waals surface area contributed by atoms with E-state index in [-0.39, 0.29) is 6.03 Å². The van der Waals surface area contributed by atoms with Crippen LogP contribution in [0.2, 0.25) is 5.02 Å². The van der Waals surface area contributed by atoms with Crippen LogP contribution in [0.1, 0.15) is 33.6 Å². The van der Waals surface area contributed by atoms with E-state index in [1.165, 1.54) is 0 Å². The van der Waals surface area contributed by atoms with Gasteiger partial charge in [-0.2, -0.15) is 0 Å². The van der Waals surface area contributed by atoms with Crippen molar-refractivity contribution in [1.29, 1.82) is 0 Å². The summed E-state index contributed by atoms with van der Waals surface area (Å²) >= 11 is 6.12. The number of benzene rings is 1. The van der Waals surface area contributed by atoms with Crippen molar-refractivity contribution in [2.75, 3.05) is 31.7 Å². The van der Waals surface area contributed by atoms with E-state index >= 15 is 0 Å². The fourth-order valence-electron chi connectivity index (χ4n) is 1.78. The molecule has 2 N–H and O–H groups in total. The molecule has 6 heteroatoms. The minimum atomic E-state index is -0.257.